The molecule has 2 N–H and O–H groups in total. The molecule has 0 unspecified atom stereocenters. The van der Waals surface area contributed by atoms with E-state index in [2.05, 4.69) is 10.6 Å². The predicted octanol–water partition coefficient (Wildman–Crippen LogP) is 5.29. The fourth-order valence-corrected chi connectivity index (χ4v) is 4.04. The first-order valence-electron chi connectivity index (χ1n) is 11.1. The van der Waals surface area contributed by atoms with Crippen molar-refractivity contribution >= 4 is 64.4 Å². The number of carbonyl (C=O) groups excluding carboxylic acids is 4. The Kier molecular flexibility index (Phi) is 7.61. The van der Waals surface area contributed by atoms with E-state index in [0.29, 0.717) is 21.8 Å². The number of ether oxygens (including phenoxy) is 1. The van der Waals surface area contributed by atoms with Crippen LogP contribution < -0.4 is 20.3 Å². The quantitative estimate of drug-likeness (QED) is 0.328. The summed E-state index contributed by atoms with van der Waals surface area (Å²) in [6.45, 7) is 3.32. The zero-order valence-corrected chi connectivity index (χ0v) is 21.3. The summed E-state index contributed by atoms with van der Waals surface area (Å²) >= 11 is 12.4. The van der Waals surface area contributed by atoms with Crippen molar-refractivity contribution in [3.05, 3.63) is 93.0 Å². The molecule has 3 aromatic rings. The third-order valence-electron chi connectivity index (χ3n) is 5.56. The highest BCUT2D eigenvalue weighted by molar-refractivity contribution is 6.40. The Morgan fingerprint density at radius 1 is 1.00 bits per heavy atom. The van der Waals surface area contributed by atoms with Gasteiger partial charge in [-0.3, -0.25) is 19.7 Å². The number of imide groups is 2. The average molecular weight is 538 g/mol. The number of barbiturate groups is 1. The van der Waals surface area contributed by atoms with Gasteiger partial charge in [-0.05, 0) is 66.9 Å². The first-order chi connectivity index (χ1) is 17.6. The number of amides is 5. The number of urea groups is 1. The number of halogens is 2. The Morgan fingerprint density at radius 2 is 1.76 bits per heavy atom. The first-order valence-corrected chi connectivity index (χ1v) is 11.8. The summed E-state index contributed by atoms with van der Waals surface area (Å²) in [6.07, 6.45) is 1.32. The van der Waals surface area contributed by atoms with E-state index in [1.807, 2.05) is 25.1 Å². The van der Waals surface area contributed by atoms with Gasteiger partial charge in [0.05, 0.1) is 10.7 Å². The van der Waals surface area contributed by atoms with Crippen LogP contribution in [0.2, 0.25) is 10.0 Å². The molecule has 5 amide bonds. The maximum absolute atomic E-state index is 13.1. The Hall–Kier alpha value is -4.14. The number of benzene rings is 3. The summed E-state index contributed by atoms with van der Waals surface area (Å²) in [5.74, 6) is -1.75. The zero-order chi connectivity index (χ0) is 26.7. The van der Waals surface area contributed by atoms with E-state index >= 15 is 0 Å². The second kappa shape index (κ2) is 10.9. The van der Waals surface area contributed by atoms with Gasteiger partial charge in [0.2, 0.25) is 0 Å². The molecule has 0 bridgehead atoms. The van der Waals surface area contributed by atoms with Gasteiger partial charge in [0.15, 0.2) is 6.61 Å². The summed E-state index contributed by atoms with van der Waals surface area (Å²) in [5, 5.41) is 5.44. The molecule has 10 heteroatoms. The molecular weight excluding hydrogens is 517 g/mol. The molecule has 4 rings (SSSR count). The molecule has 0 aliphatic carbocycles. The molecule has 0 atom stereocenters. The number of anilines is 2. The Bertz CT molecular complexity index is 1470. The van der Waals surface area contributed by atoms with E-state index in [4.69, 9.17) is 27.9 Å². The minimum atomic E-state index is -0.872. The summed E-state index contributed by atoms with van der Waals surface area (Å²) < 4.78 is 5.53. The van der Waals surface area contributed by atoms with Gasteiger partial charge in [-0.2, -0.15) is 0 Å². The van der Waals surface area contributed by atoms with Crippen LogP contribution in [-0.4, -0.2) is 30.4 Å². The van der Waals surface area contributed by atoms with E-state index < -0.39 is 17.8 Å². The lowest BCUT2D eigenvalue weighted by molar-refractivity contribution is -0.122. The van der Waals surface area contributed by atoms with Crippen molar-refractivity contribution in [3.63, 3.8) is 0 Å². The van der Waals surface area contributed by atoms with Crippen molar-refractivity contribution in [2.75, 3.05) is 16.8 Å². The number of para-hydroxylation sites is 1. The van der Waals surface area contributed by atoms with Crippen molar-refractivity contribution < 1.29 is 23.9 Å². The molecule has 188 valence electrons. The van der Waals surface area contributed by atoms with E-state index in [0.717, 1.165) is 10.5 Å². The van der Waals surface area contributed by atoms with Crippen LogP contribution in [-0.2, 0) is 14.4 Å². The lowest BCUT2D eigenvalue weighted by Crippen LogP contribution is -2.54. The van der Waals surface area contributed by atoms with Crippen molar-refractivity contribution in [3.8, 4) is 5.75 Å². The van der Waals surface area contributed by atoms with Gasteiger partial charge in [-0.1, -0.05) is 53.5 Å². The maximum atomic E-state index is 13.1. The molecule has 1 aliphatic rings. The van der Waals surface area contributed by atoms with E-state index in [-0.39, 0.29) is 34.5 Å². The smallest absolute Gasteiger partial charge is 0.335 e. The summed E-state index contributed by atoms with van der Waals surface area (Å²) in [7, 11) is 0. The normalized spacial score (nSPS) is 14.5. The van der Waals surface area contributed by atoms with Crippen molar-refractivity contribution in [1.29, 1.82) is 0 Å². The average Bonchev–Trinajstić information content (AvgIpc) is 2.84. The van der Waals surface area contributed by atoms with Crippen LogP contribution in [0, 0.1) is 13.8 Å². The van der Waals surface area contributed by atoms with Crippen LogP contribution in [0.5, 0.6) is 5.75 Å². The standard InChI is InChI=1S/C27H21Cl2N3O5/c1-15-5-3-4-6-21(15)30-24(33)14-37-23-10-8-17(12-20(23)29)11-19-25(34)31-27(36)32(26(19)35)22-13-18(28)9-7-16(22)2/h3-13H,14H2,1-2H3,(H,30,33)(H,31,34,36)/b19-11+. The highest BCUT2D eigenvalue weighted by Gasteiger charge is 2.37. The second-order valence-electron chi connectivity index (χ2n) is 8.23. The molecule has 1 heterocycles. The van der Waals surface area contributed by atoms with Crippen LogP contribution in [0.4, 0.5) is 16.2 Å². The van der Waals surface area contributed by atoms with Gasteiger partial charge in [0.25, 0.3) is 17.7 Å². The number of nitrogens with one attached hydrogen (secondary N) is 2. The molecule has 1 aliphatic heterocycles. The third kappa shape index (κ3) is 5.82. The largest absolute Gasteiger partial charge is 0.482 e. The molecular formula is C27H21Cl2N3O5. The van der Waals surface area contributed by atoms with Crippen molar-refractivity contribution in [1.82, 2.24) is 5.32 Å². The van der Waals surface area contributed by atoms with Gasteiger partial charge >= 0.3 is 6.03 Å². The maximum Gasteiger partial charge on any atom is 0.335 e. The number of aryl methyl sites for hydroxylation is 2. The van der Waals surface area contributed by atoms with Crippen LogP contribution in [0.15, 0.2) is 66.2 Å². The van der Waals surface area contributed by atoms with E-state index in [9.17, 15) is 19.2 Å². The number of nitrogens with zero attached hydrogens (tertiary/aromatic N) is 1. The summed E-state index contributed by atoms with van der Waals surface area (Å²) in [4.78, 5) is 51.2. The predicted molar refractivity (Wildman–Crippen MR) is 142 cm³/mol. The minimum absolute atomic E-state index is 0.167. The highest BCUT2D eigenvalue weighted by atomic mass is 35.5. The van der Waals surface area contributed by atoms with Crippen LogP contribution >= 0.6 is 23.2 Å². The monoisotopic (exact) mass is 537 g/mol. The molecule has 0 saturated carbocycles. The van der Waals surface area contributed by atoms with Crippen LogP contribution in [0.1, 0.15) is 16.7 Å². The topological polar surface area (TPSA) is 105 Å². The minimum Gasteiger partial charge on any atom is -0.482 e. The van der Waals surface area contributed by atoms with E-state index in [1.165, 1.54) is 24.3 Å². The Morgan fingerprint density at radius 3 is 2.49 bits per heavy atom. The van der Waals surface area contributed by atoms with Crippen molar-refractivity contribution in [2.24, 2.45) is 0 Å². The second-order valence-corrected chi connectivity index (χ2v) is 9.07. The van der Waals surface area contributed by atoms with Crippen LogP contribution in [0.25, 0.3) is 6.08 Å². The van der Waals surface area contributed by atoms with Gasteiger partial charge in [-0.15, -0.1) is 0 Å². The number of carbonyl (C=O) groups is 4. The Balaban J connectivity index is 1.51. The fraction of sp³-hybridized carbons (Fsp3) is 0.111. The lowest BCUT2D eigenvalue weighted by Gasteiger charge is -2.27. The number of hydrogen-bond donors (Lipinski definition) is 2. The fourth-order valence-electron chi connectivity index (χ4n) is 3.63. The third-order valence-corrected chi connectivity index (χ3v) is 6.09. The highest BCUT2D eigenvalue weighted by Crippen LogP contribution is 2.30. The number of hydrogen-bond acceptors (Lipinski definition) is 5. The first kappa shape index (κ1) is 25.9. The van der Waals surface area contributed by atoms with Crippen LogP contribution in [0.3, 0.4) is 0 Å². The summed E-state index contributed by atoms with van der Waals surface area (Å²) in [6, 6.07) is 15.8. The molecule has 37 heavy (non-hydrogen) atoms. The molecule has 1 saturated heterocycles. The molecule has 1 fully saturated rings. The van der Waals surface area contributed by atoms with Crippen molar-refractivity contribution in [2.45, 2.75) is 13.8 Å². The van der Waals surface area contributed by atoms with Gasteiger partial charge < -0.3 is 10.1 Å². The zero-order valence-electron chi connectivity index (χ0n) is 19.8. The lowest BCUT2D eigenvalue weighted by atomic mass is 10.1. The SMILES string of the molecule is Cc1ccccc1NC(=O)COc1ccc(/C=C2\C(=O)NC(=O)N(c3cc(Cl)ccc3C)C2=O)cc1Cl. The number of rotatable bonds is 6. The molecule has 0 spiro atoms. The molecule has 0 radical (unpaired) electrons. The van der Waals surface area contributed by atoms with Gasteiger partial charge in [-0.25, -0.2) is 9.69 Å². The van der Waals surface area contributed by atoms with Gasteiger partial charge in [0.1, 0.15) is 11.3 Å². The van der Waals surface area contributed by atoms with Gasteiger partial charge in [0, 0.05) is 10.7 Å². The van der Waals surface area contributed by atoms with E-state index in [1.54, 1.807) is 31.2 Å². The molecule has 3 aromatic carbocycles. The summed E-state index contributed by atoms with van der Waals surface area (Å²) in [5.41, 5.74) is 2.63. The molecule has 0 aromatic heterocycles. The Labute approximate surface area is 222 Å². The molecule has 8 nitrogen and oxygen atoms in total.